The molecule has 1 aromatic rings. The summed E-state index contributed by atoms with van der Waals surface area (Å²) >= 11 is 12.0. The standard InChI is InChI=1S/C11H17Cl2N2O13P3/c1-6-2-3-15(10(17)14-6)9-7(13)8(16)11(4-12,26-9)5-25-30(21,22)28-31(23,24)27-29(18,19)20/h2-3,7-9,16H,4-5H2,1H3,(H,21,22)(H,23,24)(H2,18,19,20)/t7-,8+,9-,11-/m1/s1. The third kappa shape index (κ3) is 6.89. The SMILES string of the molecule is Cc1ccn([C@@H]2O[C@](CCl)(COP(=O)(O)OP(=O)(O)OP(=O)(O)O)[C@@H](O)[C@H]2Cl)c(=O)n1. The van der Waals surface area contributed by atoms with Crippen LogP contribution in [0.25, 0.3) is 0 Å². The molecule has 1 fully saturated rings. The summed E-state index contributed by atoms with van der Waals surface area (Å²) in [5.41, 5.74) is -2.39. The number of rotatable bonds is 9. The minimum atomic E-state index is -5.74. The number of aliphatic hydroxyl groups excluding tert-OH is 1. The van der Waals surface area contributed by atoms with E-state index in [4.69, 9.17) is 37.7 Å². The smallest absolute Gasteiger partial charge is 0.388 e. The van der Waals surface area contributed by atoms with Crippen molar-refractivity contribution in [2.75, 3.05) is 12.5 Å². The molecule has 6 atom stereocenters. The molecule has 1 aliphatic heterocycles. The fraction of sp³-hybridized carbons (Fsp3) is 0.636. The molecule has 0 aromatic carbocycles. The fourth-order valence-electron chi connectivity index (χ4n) is 2.49. The van der Waals surface area contributed by atoms with Gasteiger partial charge in [0.1, 0.15) is 17.1 Å². The van der Waals surface area contributed by atoms with E-state index in [2.05, 4.69) is 18.1 Å². The zero-order valence-electron chi connectivity index (χ0n) is 15.3. The number of aryl methyl sites for hydroxylation is 1. The number of alkyl halides is 2. The molecule has 0 radical (unpaired) electrons. The maximum atomic E-state index is 12.1. The Morgan fingerprint density at radius 3 is 2.35 bits per heavy atom. The van der Waals surface area contributed by atoms with Gasteiger partial charge in [-0.25, -0.2) is 18.5 Å². The summed E-state index contributed by atoms with van der Waals surface area (Å²) in [4.78, 5) is 51.6. The van der Waals surface area contributed by atoms with E-state index in [1.54, 1.807) is 6.92 Å². The highest BCUT2D eigenvalue weighted by Gasteiger charge is 2.56. The summed E-state index contributed by atoms with van der Waals surface area (Å²) < 4.78 is 52.1. The molecular formula is C11H17Cl2N2O13P3. The minimum Gasteiger partial charge on any atom is -0.388 e. The average molecular weight is 549 g/mol. The van der Waals surface area contributed by atoms with E-state index in [0.717, 1.165) is 4.57 Å². The molecule has 31 heavy (non-hydrogen) atoms. The van der Waals surface area contributed by atoms with Crippen LogP contribution in [0.3, 0.4) is 0 Å². The van der Waals surface area contributed by atoms with Crippen molar-refractivity contribution in [2.45, 2.75) is 30.2 Å². The van der Waals surface area contributed by atoms with Crippen LogP contribution < -0.4 is 5.69 Å². The summed E-state index contributed by atoms with van der Waals surface area (Å²) in [5, 5.41) is 9.15. The van der Waals surface area contributed by atoms with Crippen LogP contribution in [0.5, 0.6) is 0 Å². The minimum absolute atomic E-state index is 0.391. The molecule has 2 unspecified atom stereocenters. The van der Waals surface area contributed by atoms with E-state index in [1.165, 1.54) is 12.3 Å². The largest absolute Gasteiger partial charge is 0.490 e. The first-order chi connectivity index (χ1) is 14.0. The van der Waals surface area contributed by atoms with E-state index < -0.39 is 65.0 Å². The van der Waals surface area contributed by atoms with Crippen LogP contribution in [0, 0.1) is 6.92 Å². The summed E-state index contributed by atoms with van der Waals surface area (Å²) in [6.07, 6.45) is -1.73. The zero-order chi connectivity index (χ0) is 23.8. The number of nitrogens with zero attached hydrogens (tertiary/aromatic N) is 2. The highest BCUT2D eigenvalue weighted by atomic mass is 35.5. The molecular weight excluding hydrogens is 532 g/mol. The predicted molar refractivity (Wildman–Crippen MR) is 102 cm³/mol. The second kappa shape index (κ2) is 9.57. The van der Waals surface area contributed by atoms with Gasteiger partial charge in [-0.3, -0.25) is 9.09 Å². The zero-order valence-corrected chi connectivity index (χ0v) is 19.5. The Balaban J connectivity index is 2.20. The van der Waals surface area contributed by atoms with Crippen molar-refractivity contribution in [1.82, 2.24) is 9.55 Å². The number of aromatic nitrogens is 2. The number of halogens is 2. The molecule has 2 rings (SSSR count). The molecule has 5 N–H and O–H groups in total. The number of aliphatic hydroxyl groups is 1. The molecule has 0 amide bonds. The predicted octanol–water partition coefficient (Wildman–Crippen LogP) is 0.370. The van der Waals surface area contributed by atoms with Crippen molar-refractivity contribution in [2.24, 2.45) is 0 Å². The van der Waals surface area contributed by atoms with Crippen LogP contribution >= 0.6 is 46.7 Å². The Morgan fingerprint density at radius 1 is 1.23 bits per heavy atom. The third-order valence-corrected chi connectivity index (χ3v) is 8.52. The van der Waals surface area contributed by atoms with E-state index in [-0.39, 0.29) is 0 Å². The Morgan fingerprint density at radius 2 is 1.84 bits per heavy atom. The number of hydrogen-bond donors (Lipinski definition) is 5. The third-order valence-electron chi connectivity index (χ3n) is 3.83. The summed E-state index contributed by atoms with van der Waals surface area (Å²) in [7, 11) is -16.8. The first kappa shape index (κ1) is 27.0. The Bertz CT molecular complexity index is 1020. The summed E-state index contributed by atoms with van der Waals surface area (Å²) in [5.74, 6) is -0.600. The van der Waals surface area contributed by atoms with Crippen LogP contribution in [0.4, 0.5) is 0 Å². The Kier molecular flexibility index (Phi) is 8.35. The van der Waals surface area contributed by atoms with Crippen LogP contribution in [0.2, 0.25) is 0 Å². The number of phosphoric acid groups is 3. The van der Waals surface area contributed by atoms with Crippen LogP contribution in [-0.4, -0.2) is 63.8 Å². The maximum Gasteiger partial charge on any atom is 0.490 e. The molecule has 20 heteroatoms. The van der Waals surface area contributed by atoms with Gasteiger partial charge in [0.15, 0.2) is 6.23 Å². The van der Waals surface area contributed by atoms with Crippen LogP contribution in [0.15, 0.2) is 17.1 Å². The molecule has 0 saturated carbocycles. The molecule has 1 aliphatic rings. The number of ether oxygens (including phenoxy) is 1. The lowest BCUT2D eigenvalue weighted by molar-refractivity contribution is -0.112. The van der Waals surface area contributed by atoms with Gasteiger partial charge in [0.2, 0.25) is 0 Å². The van der Waals surface area contributed by atoms with E-state index >= 15 is 0 Å². The van der Waals surface area contributed by atoms with Crippen molar-refractivity contribution < 1.29 is 56.3 Å². The number of hydrogen-bond acceptors (Lipinski definition) is 10. The van der Waals surface area contributed by atoms with Crippen LogP contribution in [0.1, 0.15) is 11.9 Å². The van der Waals surface area contributed by atoms with Crippen molar-refractivity contribution >= 4 is 46.7 Å². The van der Waals surface area contributed by atoms with Gasteiger partial charge in [0.05, 0.1) is 12.5 Å². The maximum absolute atomic E-state index is 12.1. The van der Waals surface area contributed by atoms with Gasteiger partial charge in [-0.2, -0.15) is 13.6 Å². The molecule has 0 aliphatic carbocycles. The second-order valence-electron chi connectivity index (χ2n) is 6.22. The molecule has 0 bridgehead atoms. The van der Waals surface area contributed by atoms with E-state index in [1.807, 2.05) is 0 Å². The molecule has 178 valence electrons. The van der Waals surface area contributed by atoms with Gasteiger partial charge in [-0.1, -0.05) is 0 Å². The molecule has 15 nitrogen and oxygen atoms in total. The van der Waals surface area contributed by atoms with Gasteiger partial charge in [0.25, 0.3) is 0 Å². The topological polar surface area (TPSA) is 224 Å². The highest BCUT2D eigenvalue weighted by Crippen LogP contribution is 2.66. The summed E-state index contributed by atoms with van der Waals surface area (Å²) in [6, 6.07) is 1.45. The summed E-state index contributed by atoms with van der Waals surface area (Å²) in [6.45, 7) is 0.495. The van der Waals surface area contributed by atoms with Crippen molar-refractivity contribution in [3.63, 3.8) is 0 Å². The van der Waals surface area contributed by atoms with Gasteiger partial charge in [-0.15, -0.1) is 23.2 Å². The van der Waals surface area contributed by atoms with Gasteiger partial charge in [0, 0.05) is 11.9 Å². The fourth-order valence-corrected chi connectivity index (χ4v) is 6.26. The molecule has 0 spiro atoms. The first-order valence-corrected chi connectivity index (χ1v) is 13.4. The van der Waals surface area contributed by atoms with Crippen molar-refractivity contribution in [3.05, 3.63) is 28.4 Å². The molecule has 1 saturated heterocycles. The van der Waals surface area contributed by atoms with Crippen molar-refractivity contribution in [1.29, 1.82) is 0 Å². The lowest BCUT2D eigenvalue weighted by atomic mass is 10.00. The first-order valence-electron chi connectivity index (χ1n) is 7.91. The quantitative estimate of drug-likeness (QED) is 0.207. The van der Waals surface area contributed by atoms with Crippen LogP contribution in [-0.2, 0) is 31.6 Å². The molecule has 1 aromatic heterocycles. The van der Waals surface area contributed by atoms with E-state index in [9.17, 15) is 33.4 Å². The lowest BCUT2D eigenvalue weighted by Gasteiger charge is -2.30. The van der Waals surface area contributed by atoms with Gasteiger partial charge >= 0.3 is 29.2 Å². The Labute approximate surface area is 183 Å². The highest BCUT2D eigenvalue weighted by molar-refractivity contribution is 7.66. The van der Waals surface area contributed by atoms with Gasteiger partial charge in [-0.05, 0) is 13.0 Å². The monoisotopic (exact) mass is 548 g/mol. The van der Waals surface area contributed by atoms with Crippen molar-refractivity contribution in [3.8, 4) is 0 Å². The normalized spacial score (nSPS) is 30.6. The average Bonchev–Trinajstić information content (AvgIpc) is 2.82. The Hall–Kier alpha value is -0.210. The van der Waals surface area contributed by atoms with E-state index in [0.29, 0.717) is 5.69 Å². The lowest BCUT2D eigenvalue weighted by Crippen LogP contribution is -2.47. The second-order valence-corrected chi connectivity index (χ2v) is 11.4. The molecule has 2 heterocycles. The number of phosphoric ester groups is 1. The van der Waals surface area contributed by atoms with Gasteiger partial charge < -0.3 is 29.4 Å².